The maximum absolute atomic E-state index is 3.62. The van der Waals surface area contributed by atoms with Gasteiger partial charge in [-0.2, -0.15) is 0 Å². The van der Waals surface area contributed by atoms with Crippen LogP contribution in [0.3, 0.4) is 0 Å². The highest BCUT2D eigenvalue weighted by Gasteiger charge is 2.20. The molecule has 0 saturated heterocycles. The van der Waals surface area contributed by atoms with E-state index in [1.54, 1.807) is 0 Å². The summed E-state index contributed by atoms with van der Waals surface area (Å²) < 4.78 is 0. The van der Waals surface area contributed by atoms with Gasteiger partial charge in [0.1, 0.15) is 0 Å². The van der Waals surface area contributed by atoms with E-state index in [1.807, 2.05) is 0 Å². The van der Waals surface area contributed by atoms with Crippen molar-refractivity contribution >= 4 is 5.69 Å². The van der Waals surface area contributed by atoms with Gasteiger partial charge in [-0.05, 0) is 49.9 Å². The van der Waals surface area contributed by atoms with Crippen LogP contribution in [-0.2, 0) is 0 Å². The van der Waals surface area contributed by atoms with Gasteiger partial charge in [0, 0.05) is 25.8 Å². The third-order valence-electron chi connectivity index (χ3n) is 3.85. The molecular weight excluding hydrogens is 220 g/mol. The predicted molar refractivity (Wildman–Crippen MR) is 79.1 cm³/mol. The van der Waals surface area contributed by atoms with Crippen molar-refractivity contribution in [3.8, 4) is 0 Å². The van der Waals surface area contributed by atoms with E-state index >= 15 is 0 Å². The molecule has 0 aliphatic heterocycles. The van der Waals surface area contributed by atoms with Crippen LogP contribution in [0.15, 0.2) is 24.3 Å². The smallest absolute Gasteiger partial charge is 0.0361 e. The highest BCUT2D eigenvalue weighted by molar-refractivity contribution is 5.46. The molecule has 1 aromatic carbocycles. The van der Waals surface area contributed by atoms with Crippen molar-refractivity contribution in [3.63, 3.8) is 0 Å². The van der Waals surface area contributed by atoms with E-state index in [9.17, 15) is 0 Å². The van der Waals surface area contributed by atoms with Crippen LogP contribution >= 0.6 is 0 Å². The number of nitrogens with one attached hydrogen (secondary N) is 1. The van der Waals surface area contributed by atoms with Gasteiger partial charge in [0.25, 0.3) is 0 Å². The normalized spacial score (nSPS) is 16.6. The lowest BCUT2D eigenvalue weighted by molar-refractivity contribution is 0.533. The first-order chi connectivity index (χ1) is 8.66. The minimum Gasteiger partial charge on any atom is -0.378 e. The lowest BCUT2D eigenvalue weighted by atomic mass is 10.1. The molecule has 18 heavy (non-hydrogen) atoms. The highest BCUT2D eigenvalue weighted by atomic mass is 15.1. The van der Waals surface area contributed by atoms with Crippen LogP contribution in [0.5, 0.6) is 0 Å². The van der Waals surface area contributed by atoms with Crippen molar-refractivity contribution in [2.24, 2.45) is 5.92 Å². The van der Waals surface area contributed by atoms with Gasteiger partial charge in [-0.3, -0.25) is 0 Å². The van der Waals surface area contributed by atoms with Crippen LogP contribution in [0.2, 0.25) is 0 Å². The van der Waals surface area contributed by atoms with Crippen molar-refractivity contribution in [1.82, 2.24) is 5.32 Å². The second kappa shape index (κ2) is 6.24. The summed E-state index contributed by atoms with van der Waals surface area (Å²) in [5.74, 6) is 1.06. The van der Waals surface area contributed by atoms with Gasteiger partial charge in [0.05, 0.1) is 0 Å². The number of hydrogen-bond donors (Lipinski definition) is 1. The molecule has 2 heteroatoms. The molecule has 100 valence electrons. The number of rotatable bonds is 7. The summed E-state index contributed by atoms with van der Waals surface area (Å²) in [5, 5.41) is 3.62. The molecule has 1 saturated carbocycles. The minimum absolute atomic E-state index is 0.459. The van der Waals surface area contributed by atoms with Gasteiger partial charge >= 0.3 is 0 Å². The molecule has 2 nitrogen and oxygen atoms in total. The highest BCUT2D eigenvalue weighted by Crippen LogP contribution is 2.33. The summed E-state index contributed by atoms with van der Waals surface area (Å²) in [6, 6.07) is 9.30. The quantitative estimate of drug-likeness (QED) is 0.740. The van der Waals surface area contributed by atoms with Crippen LogP contribution in [0.1, 0.15) is 44.2 Å². The molecule has 1 N–H and O–H groups in total. The van der Waals surface area contributed by atoms with Gasteiger partial charge in [-0.15, -0.1) is 0 Å². The van der Waals surface area contributed by atoms with E-state index in [1.165, 1.54) is 36.9 Å². The van der Waals surface area contributed by atoms with Crippen molar-refractivity contribution in [1.29, 1.82) is 0 Å². The van der Waals surface area contributed by atoms with Crippen molar-refractivity contribution in [2.45, 2.75) is 38.6 Å². The molecule has 1 aromatic rings. The fraction of sp³-hybridized carbons (Fsp3) is 0.625. The summed E-state index contributed by atoms with van der Waals surface area (Å²) in [6.07, 6.45) is 5.69. The van der Waals surface area contributed by atoms with Crippen LogP contribution in [-0.4, -0.2) is 20.6 Å². The zero-order valence-electron chi connectivity index (χ0n) is 11.9. The van der Waals surface area contributed by atoms with E-state index in [-0.39, 0.29) is 0 Å². The summed E-state index contributed by atoms with van der Waals surface area (Å²) in [4.78, 5) is 2.14. The van der Waals surface area contributed by atoms with Crippen LogP contribution in [0.4, 0.5) is 5.69 Å². The molecule has 1 aliphatic carbocycles. The molecule has 0 aromatic heterocycles. The van der Waals surface area contributed by atoms with E-state index in [2.05, 4.69) is 55.5 Å². The van der Waals surface area contributed by atoms with Gasteiger partial charge < -0.3 is 10.2 Å². The van der Waals surface area contributed by atoms with E-state index in [0.29, 0.717) is 6.04 Å². The van der Waals surface area contributed by atoms with Gasteiger partial charge in [-0.1, -0.05) is 25.0 Å². The van der Waals surface area contributed by atoms with Crippen molar-refractivity contribution in [3.05, 3.63) is 29.8 Å². The topological polar surface area (TPSA) is 15.3 Å². The third kappa shape index (κ3) is 4.02. The zero-order valence-corrected chi connectivity index (χ0v) is 11.9. The molecule has 0 bridgehead atoms. The second-order valence-corrected chi connectivity index (χ2v) is 5.75. The largest absolute Gasteiger partial charge is 0.378 e. The number of hydrogen-bond acceptors (Lipinski definition) is 2. The Balaban J connectivity index is 1.74. The molecule has 1 unspecified atom stereocenters. The molecule has 1 fully saturated rings. The first kappa shape index (κ1) is 13.4. The van der Waals surface area contributed by atoms with Gasteiger partial charge in [0.2, 0.25) is 0 Å². The maximum atomic E-state index is 3.62. The van der Waals surface area contributed by atoms with E-state index in [0.717, 1.165) is 12.5 Å². The molecule has 0 amide bonds. The van der Waals surface area contributed by atoms with Crippen molar-refractivity contribution in [2.75, 3.05) is 25.5 Å². The first-order valence-corrected chi connectivity index (χ1v) is 7.17. The Kier molecular flexibility index (Phi) is 4.65. The summed E-state index contributed by atoms with van der Waals surface area (Å²) in [6.45, 7) is 3.40. The summed E-state index contributed by atoms with van der Waals surface area (Å²) in [7, 11) is 4.16. The van der Waals surface area contributed by atoms with Crippen LogP contribution in [0, 0.1) is 5.92 Å². The van der Waals surface area contributed by atoms with Crippen LogP contribution in [0.25, 0.3) is 0 Å². The molecule has 0 heterocycles. The fourth-order valence-corrected chi connectivity index (χ4v) is 2.29. The summed E-state index contributed by atoms with van der Waals surface area (Å²) >= 11 is 0. The maximum Gasteiger partial charge on any atom is 0.0361 e. The zero-order chi connectivity index (χ0) is 13.0. The lowest BCUT2D eigenvalue weighted by Gasteiger charge is -2.17. The van der Waals surface area contributed by atoms with E-state index < -0.39 is 0 Å². The van der Waals surface area contributed by atoms with Crippen LogP contribution < -0.4 is 10.2 Å². The Labute approximate surface area is 111 Å². The van der Waals surface area contributed by atoms with E-state index in [4.69, 9.17) is 0 Å². The fourth-order valence-electron chi connectivity index (χ4n) is 2.29. The number of anilines is 1. The lowest BCUT2D eigenvalue weighted by Crippen LogP contribution is -2.20. The Hall–Kier alpha value is -1.02. The SMILES string of the molecule is CC(NCCCC1CC1)c1ccc(N(C)C)cc1. The Bertz CT molecular complexity index is 352. The second-order valence-electron chi connectivity index (χ2n) is 5.75. The molecular formula is C16H26N2. The molecule has 1 atom stereocenters. The average Bonchev–Trinajstić information content (AvgIpc) is 3.18. The molecule has 0 spiro atoms. The summed E-state index contributed by atoms with van der Waals surface area (Å²) in [5.41, 5.74) is 2.65. The van der Waals surface area contributed by atoms with Gasteiger partial charge in [-0.25, -0.2) is 0 Å². The molecule has 1 aliphatic rings. The Morgan fingerprint density at radius 2 is 1.89 bits per heavy atom. The standard InChI is InChI=1S/C16H26N2/c1-13(17-12-4-5-14-6-7-14)15-8-10-16(11-9-15)18(2)3/h8-11,13-14,17H,4-7,12H2,1-3H3. The van der Waals surface area contributed by atoms with Crippen molar-refractivity contribution < 1.29 is 0 Å². The predicted octanol–water partition coefficient (Wildman–Crippen LogP) is 3.59. The molecule has 2 rings (SSSR count). The minimum atomic E-state index is 0.459. The Morgan fingerprint density at radius 1 is 1.22 bits per heavy atom. The Morgan fingerprint density at radius 3 is 2.44 bits per heavy atom. The van der Waals surface area contributed by atoms with Gasteiger partial charge in [0.15, 0.2) is 0 Å². The number of benzene rings is 1. The average molecular weight is 246 g/mol. The monoisotopic (exact) mass is 246 g/mol. The number of nitrogens with zero attached hydrogens (tertiary/aromatic N) is 1. The molecule has 0 radical (unpaired) electrons. The first-order valence-electron chi connectivity index (χ1n) is 7.17. The third-order valence-corrected chi connectivity index (χ3v) is 3.85.